The Labute approximate surface area is 171 Å². The molecule has 0 aliphatic carbocycles. The molecule has 1 atom stereocenters. The molecule has 2 saturated heterocycles. The number of β-amino-alcohol motifs (C(OH)–C–C–N with tert-alkyl or cyclic N) is 1. The van der Waals surface area contributed by atoms with Gasteiger partial charge in [-0.15, -0.1) is 0 Å². The molecule has 154 valence electrons. The predicted octanol–water partition coefficient (Wildman–Crippen LogP) is 1.83. The maximum Gasteiger partial charge on any atom is 0.251 e. The molecule has 1 amide bonds. The number of benzene rings is 1. The van der Waals surface area contributed by atoms with Crippen LogP contribution in [0.2, 0.25) is 0 Å². The van der Waals surface area contributed by atoms with Crippen LogP contribution < -0.4 is 10.2 Å². The number of nitrogens with zero attached hydrogens (tertiary/aromatic N) is 4. The summed E-state index contributed by atoms with van der Waals surface area (Å²) in [6, 6.07) is 7.81. The van der Waals surface area contributed by atoms with Crippen molar-refractivity contribution in [1.82, 2.24) is 20.2 Å². The van der Waals surface area contributed by atoms with Gasteiger partial charge < -0.3 is 15.3 Å². The largest absolute Gasteiger partial charge is 0.386 e. The summed E-state index contributed by atoms with van der Waals surface area (Å²) in [5.74, 6) is 0.597. The predicted molar refractivity (Wildman–Crippen MR) is 112 cm³/mol. The highest BCUT2D eigenvalue weighted by Crippen LogP contribution is 2.24. The third-order valence-corrected chi connectivity index (χ3v) is 5.85. The molecular formula is C22H29N5O2. The molecule has 0 spiro atoms. The van der Waals surface area contributed by atoms with Crippen LogP contribution in [0.15, 0.2) is 42.9 Å². The Morgan fingerprint density at radius 2 is 1.90 bits per heavy atom. The van der Waals surface area contributed by atoms with E-state index in [0.717, 1.165) is 25.5 Å². The van der Waals surface area contributed by atoms with Crippen molar-refractivity contribution in [1.29, 1.82) is 0 Å². The molecule has 0 unspecified atom stereocenters. The van der Waals surface area contributed by atoms with Gasteiger partial charge in [-0.3, -0.25) is 14.7 Å². The summed E-state index contributed by atoms with van der Waals surface area (Å²) in [6.07, 6.45) is 9.43. The van der Waals surface area contributed by atoms with Crippen LogP contribution in [0.4, 0.5) is 5.82 Å². The van der Waals surface area contributed by atoms with Crippen molar-refractivity contribution >= 4 is 11.7 Å². The number of anilines is 1. The average molecular weight is 396 g/mol. The van der Waals surface area contributed by atoms with Gasteiger partial charge in [0.2, 0.25) is 0 Å². The van der Waals surface area contributed by atoms with Crippen molar-refractivity contribution < 1.29 is 9.90 Å². The van der Waals surface area contributed by atoms with Gasteiger partial charge in [0.15, 0.2) is 0 Å². The molecule has 0 radical (unpaired) electrons. The second-order valence-electron chi connectivity index (χ2n) is 8.18. The van der Waals surface area contributed by atoms with Gasteiger partial charge in [-0.25, -0.2) is 4.98 Å². The summed E-state index contributed by atoms with van der Waals surface area (Å²) in [5.41, 5.74) is 0.902. The molecule has 2 N–H and O–H groups in total. The van der Waals surface area contributed by atoms with Crippen molar-refractivity contribution in [3.05, 3.63) is 54.0 Å². The topological polar surface area (TPSA) is 81.6 Å². The first-order valence-corrected chi connectivity index (χ1v) is 10.4. The number of aliphatic hydroxyl groups is 1. The summed E-state index contributed by atoms with van der Waals surface area (Å²) in [7, 11) is 0. The minimum Gasteiger partial charge on any atom is -0.386 e. The van der Waals surface area contributed by atoms with Crippen molar-refractivity contribution in [3.8, 4) is 0 Å². The molecule has 0 bridgehead atoms. The van der Waals surface area contributed by atoms with Gasteiger partial charge >= 0.3 is 0 Å². The van der Waals surface area contributed by atoms with Crippen LogP contribution in [0, 0.1) is 0 Å². The second kappa shape index (κ2) is 8.88. The van der Waals surface area contributed by atoms with E-state index < -0.39 is 5.60 Å². The molecule has 29 heavy (non-hydrogen) atoms. The third-order valence-electron chi connectivity index (χ3n) is 5.85. The maximum absolute atomic E-state index is 12.5. The van der Waals surface area contributed by atoms with E-state index in [1.54, 1.807) is 18.6 Å². The lowest BCUT2D eigenvalue weighted by molar-refractivity contribution is 0.0575. The molecule has 1 aromatic carbocycles. The zero-order chi connectivity index (χ0) is 20.1. The number of hydrogen-bond donors (Lipinski definition) is 2. The molecule has 1 aromatic heterocycles. The molecular weight excluding hydrogens is 366 g/mol. The van der Waals surface area contributed by atoms with Crippen molar-refractivity contribution in [2.75, 3.05) is 37.6 Å². The number of rotatable bonds is 6. The van der Waals surface area contributed by atoms with Gasteiger partial charge in [-0.1, -0.05) is 18.6 Å². The highest BCUT2D eigenvalue weighted by atomic mass is 16.3. The Kier molecular flexibility index (Phi) is 6.06. The summed E-state index contributed by atoms with van der Waals surface area (Å²) in [6.45, 7) is 4.60. The lowest BCUT2D eigenvalue weighted by Crippen LogP contribution is -2.45. The van der Waals surface area contributed by atoms with Gasteiger partial charge in [0, 0.05) is 44.1 Å². The standard InChI is InChI=1S/C22H29N5O2/c28-21(19-6-4-18(5-7-19)15-26-11-2-1-3-12-26)25-16-22(29)8-13-27(17-22)20-14-23-9-10-24-20/h4-7,9-10,14,29H,1-3,8,11-13,15-17H2,(H,25,28)/t22-/m0/s1. The Balaban J connectivity index is 1.28. The van der Waals surface area contributed by atoms with Crippen molar-refractivity contribution in [2.45, 2.75) is 37.8 Å². The van der Waals surface area contributed by atoms with E-state index in [0.29, 0.717) is 25.1 Å². The van der Waals surface area contributed by atoms with E-state index in [1.807, 2.05) is 29.2 Å². The molecule has 2 aliphatic rings. The van der Waals surface area contributed by atoms with E-state index in [-0.39, 0.29) is 12.5 Å². The van der Waals surface area contributed by atoms with E-state index in [1.165, 1.54) is 24.8 Å². The first-order chi connectivity index (χ1) is 14.1. The first kappa shape index (κ1) is 19.8. The molecule has 7 heteroatoms. The van der Waals surface area contributed by atoms with Crippen LogP contribution in [0.25, 0.3) is 0 Å². The van der Waals surface area contributed by atoms with E-state index >= 15 is 0 Å². The van der Waals surface area contributed by atoms with Gasteiger partial charge in [0.05, 0.1) is 6.20 Å². The zero-order valence-corrected chi connectivity index (χ0v) is 16.8. The lowest BCUT2D eigenvalue weighted by Gasteiger charge is -2.26. The Morgan fingerprint density at radius 3 is 2.62 bits per heavy atom. The molecule has 4 rings (SSSR count). The lowest BCUT2D eigenvalue weighted by atomic mass is 10.0. The monoisotopic (exact) mass is 395 g/mol. The quantitative estimate of drug-likeness (QED) is 0.777. The maximum atomic E-state index is 12.5. The molecule has 2 aromatic rings. The number of piperidine rings is 1. The second-order valence-corrected chi connectivity index (χ2v) is 8.18. The summed E-state index contributed by atoms with van der Waals surface area (Å²) in [4.78, 5) is 25.3. The Hall–Kier alpha value is -2.51. The summed E-state index contributed by atoms with van der Waals surface area (Å²) < 4.78 is 0. The average Bonchev–Trinajstić information content (AvgIpc) is 3.16. The zero-order valence-electron chi connectivity index (χ0n) is 16.8. The van der Waals surface area contributed by atoms with Gasteiger partial charge in [0.1, 0.15) is 11.4 Å². The Bertz CT molecular complexity index is 808. The summed E-state index contributed by atoms with van der Waals surface area (Å²) >= 11 is 0. The number of hydrogen-bond acceptors (Lipinski definition) is 6. The number of carbonyl (C=O) groups is 1. The molecule has 2 fully saturated rings. The molecule has 7 nitrogen and oxygen atoms in total. The molecule has 2 aliphatic heterocycles. The van der Waals surface area contributed by atoms with Crippen LogP contribution in [-0.2, 0) is 6.54 Å². The fraction of sp³-hybridized carbons (Fsp3) is 0.500. The van der Waals surface area contributed by atoms with Gasteiger partial charge in [-0.05, 0) is 50.0 Å². The number of amides is 1. The minimum atomic E-state index is -0.957. The molecule has 0 saturated carbocycles. The summed E-state index contributed by atoms with van der Waals surface area (Å²) in [5, 5.41) is 13.7. The number of likely N-dealkylation sites (tertiary alicyclic amines) is 1. The van der Waals surface area contributed by atoms with Crippen LogP contribution in [-0.4, -0.2) is 64.2 Å². The van der Waals surface area contributed by atoms with Crippen LogP contribution in [0.3, 0.4) is 0 Å². The van der Waals surface area contributed by atoms with Crippen LogP contribution in [0.5, 0.6) is 0 Å². The van der Waals surface area contributed by atoms with E-state index in [4.69, 9.17) is 0 Å². The number of carbonyl (C=O) groups excluding carboxylic acids is 1. The van der Waals surface area contributed by atoms with E-state index in [2.05, 4.69) is 20.2 Å². The van der Waals surface area contributed by atoms with Crippen LogP contribution in [0.1, 0.15) is 41.6 Å². The smallest absolute Gasteiger partial charge is 0.251 e. The SMILES string of the molecule is O=C(NC[C@@]1(O)CCN(c2cnccn2)C1)c1ccc(CN2CCCCC2)cc1. The highest BCUT2D eigenvalue weighted by Gasteiger charge is 2.37. The fourth-order valence-electron chi connectivity index (χ4n) is 4.13. The Morgan fingerprint density at radius 1 is 1.10 bits per heavy atom. The highest BCUT2D eigenvalue weighted by molar-refractivity contribution is 5.94. The van der Waals surface area contributed by atoms with Gasteiger partial charge in [0.25, 0.3) is 5.91 Å². The third kappa shape index (κ3) is 5.10. The number of nitrogens with one attached hydrogen (secondary N) is 1. The normalized spacial score (nSPS) is 22.6. The van der Waals surface area contributed by atoms with Crippen molar-refractivity contribution in [2.24, 2.45) is 0 Å². The first-order valence-electron chi connectivity index (χ1n) is 10.4. The van der Waals surface area contributed by atoms with Crippen molar-refractivity contribution in [3.63, 3.8) is 0 Å². The van der Waals surface area contributed by atoms with Gasteiger partial charge in [-0.2, -0.15) is 0 Å². The van der Waals surface area contributed by atoms with Crippen LogP contribution >= 0.6 is 0 Å². The molecule has 3 heterocycles. The van der Waals surface area contributed by atoms with E-state index in [9.17, 15) is 9.90 Å². The minimum absolute atomic E-state index is 0.152. The fourth-order valence-corrected chi connectivity index (χ4v) is 4.13. The number of aromatic nitrogens is 2.